The summed E-state index contributed by atoms with van der Waals surface area (Å²) in [6.45, 7) is 0. The van der Waals surface area contributed by atoms with Gasteiger partial charge in [0, 0.05) is 23.9 Å². The fraction of sp³-hybridized carbons (Fsp3) is 0. The molecule has 0 aliphatic heterocycles. The van der Waals surface area contributed by atoms with Crippen LogP contribution in [0.3, 0.4) is 0 Å². The van der Waals surface area contributed by atoms with Crippen molar-refractivity contribution in [2.75, 3.05) is 5.73 Å². The Morgan fingerprint density at radius 3 is 2.12 bits per heavy atom. The molecule has 1 aromatic carbocycles. The average molecular weight is 224 g/mol. The lowest BCUT2D eigenvalue weighted by Crippen LogP contribution is -1.94. The van der Waals surface area contributed by atoms with Crippen LogP contribution in [-0.2, 0) is 0 Å². The Morgan fingerprint density at radius 2 is 1.62 bits per heavy atom. The second kappa shape index (κ2) is 3.84. The highest BCUT2D eigenvalue weighted by Gasteiger charge is 2.13. The second-order valence-corrected chi connectivity index (χ2v) is 3.22. The van der Waals surface area contributed by atoms with Crippen LogP contribution in [-0.4, -0.2) is 4.98 Å². The van der Waals surface area contributed by atoms with Gasteiger partial charge in [-0.05, 0) is 12.1 Å². The van der Waals surface area contributed by atoms with Crippen LogP contribution in [0, 0.1) is 17.5 Å². The number of hydrogen-bond donors (Lipinski definition) is 1. The number of halogens is 3. The lowest BCUT2D eigenvalue weighted by atomic mass is 10.1. The van der Waals surface area contributed by atoms with Gasteiger partial charge >= 0.3 is 0 Å². The van der Waals surface area contributed by atoms with Crippen molar-refractivity contribution in [1.29, 1.82) is 0 Å². The first-order valence-electron chi connectivity index (χ1n) is 4.44. The summed E-state index contributed by atoms with van der Waals surface area (Å²) < 4.78 is 39.4. The molecule has 16 heavy (non-hydrogen) atoms. The lowest BCUT2D eigenvalue weighted by molar-refractivity contribution is 0.548. The van der Waals surface area contributed by atoms with Crippen LogP contribution < -0.4 is 5.73 Å². The molecule has 0 aliphatic rings. The third-order valence-corrected chi connectivity index (χ3v) is 2.08. The SMILES string of the molecule is Nc1ccc(-c2c(F)cc(F)cc2F)cn1. The van der Waals surface area contributed by atoms with Crippen LogP contribution in [0.25, 0.3) is 11.1 Å². The topological polar surface area (TPSA) is 38.9 Å². The van der Waals surface area contributed by atoms with Crippen molar-refractivity contribution in [2.45, 2.75) is 0 Å². The summed E-state index contributed by atoms with van der Waals surface area (Å²) in [6, 6.07) is 4.07. The van der Waals surface area contributed by atoms with Gasteiger partial charge in [-0.2, -0.15) is 0 Å². The lowest BCUT2D eigenvalue weighted by Gasteiger charge is -2.05. The molecule has 1 aromatic heterocycles. The van der Waals surface area contributed by atoms with E-state index in [0.29, 0.717) is 12.1 Å². The number of nitrogens with two attached hydrogens (primary N) is 1. The first kappa shape index (κ1) is 10.5. The van der Waals surface area contributed by atoms with Crippen molar-refractivity contribution in [3.63, 3.8) is 0 Å². The largest absolute Gasteiger partial charge is 0.384 e. The van der Waals surface area contributed by atoms with Gasteiger partial charge in [-0.25, -0.2) is 18.2 Å². The molecule has 0 atom stereocenters. The van der Waals surface area contributed by atoms with Gasteiger partial charge in [0.2, 0.25) is 0 Å². The van der Waals surface area contributed by atoms with E-state index in [4.69, 9.17) is 5.73 Å². The number of benzene rings is 1. The van der Waals surface area contributed by atoms with Crippen molar-refractivity contribution in [2.24, 2.45) is 0 Å². The molecular weight excluding hydrogens is 217 g/mol. The number of nitrogens with zero attached hydrogens (tertiary/aromatic N) is 1. The highest BCUT2D eigenvalue weighted by atomic mass is 19.1. The van der Waals surface area contributed by atoms with Crippen LogP contribution in [0.4, 0.5) is 19.0 Å². The van der Waals surface area contributed by atoms with Crippen LogP contribution in [0.15, 0.2) is 30.5 Å². The molecular formula is C11H7F3N2. The van der Waals surface area contributed by atoms with E-state index in [0.717, 1.165) is 0 Å². The Morgan fingerprint density at radius 1 is 1.00 bits per heavy atom. The number of rotatable bonds is 1. The van der Waals surface area contributed by atoms with Crippen molar-refractivity contribution < 1.29 is 13.2 Å². The van der Waals surface area contributed by atoms with Crippen molar-refractivity contribution in [1.82, 2.24) is 4.98 Å². The van der Waals surface area contributed by atoms with E-state index >= 15 is 0 Å². The third-order valence-electron chi connectivity index (χ3n) is 2.08. The van der Waals surface area contributed by atoms with Crippen LogP contribution in [0.2, 0.25) is 0 Å². The molecule has 5 heteroatoms. The van der Waals surface area contributed by atoms with E-state index in [9.17, 15) is 13.2 Å². The Kier molecular flexibility index (Phi) is 2.52. The molecule has 0 bridgehead atoms. The monoisotopic (exact) mass is 224 g/mol. The molecule has 82 valence electrons. The zero-order valence-electron chi connectivity index (χ0n) is 8.05. The molecule has 0 fully saturated rings. The summed E-state index contributed by atoms with van der Waals surface area (Å²) in [4.78, 5) is 3.71. The highest BCUT2D eigenvalue weighted by Crippen LogP contribution is 2.26. The smallest absolute Gasteiger partial charge is 0.136 e. The van der Waals surface area contributed by atoms with Crippen molar-refractivity contribution in [3.8, 4) is 11.1 Å². The normalized spacial score (nSPS) is 10.4. The Labute approximate surface area is 89.5 Å². The number of hydrogen-bond acceptors (Lipinski definition) is 2. The predicted molar refractivity (Wildman–Crippen MR) is 54.0 cm³/mol. The number of nitrogen functional groups attached to an aromatic ring is 1. The van der Waals surface area contributed by atoms with E-state index in [1.165, 1.54) is 18.3 Å². The van der Waals surface area contributed by atoms with E-state index < -0.39 is 17.5 Å². The first-order chi connectivity index (χ1) is 7.58. The van der Waals surface area contributed by atoms with E-state index in [1.807, 2.05) is 0 Å². The van der Waals surface area contributed by atoms with Crippen LogP contribution in [0.5, 0.6) is 0 Å². The van der Waals surface area contributed by atoms with Gasteiger partial charge in [-0.1, -0.05) is 0 Å². The van der Waals surface area contributed by atoms with Gasteiger partial charge in [-0.3, -0.25) is 0 Å². The molecule has 0 radical (unpaired) electrons. The maximum atomic E-state index is 13.4. The summed E-state index contributed by atoms with van der Waals surface area (Å²) in [5.74, 6) is -2.65. The van der Waals surface area contributed by atoms with Crippen molar-refractivity contribution in [3.05, 3.63) is 47.9 Å². The summed E-state index contributed by atoms with van der Waals surface area (Å²) in [6.07, 6.45) is 1.23. The fourth-order valence-corrected chi connectivity index (χ4v) is 1.37. The summed E-state index contributed by atoms with van der Waals surface area (Å²) in [7, 11) is 0. The van der Waals surface area contributed by atoms with Crippen molar-refractivity contribution >= 4 is 5.82 Å². The second-order valence-electron chi connectivity index (χ2n) is 3.22. The quantitative estimate of drug-likeness (QED) is 0.808. The maximum absolute atomic E-state index is 13.4. The minimum atomic E-state index is -0.968. The number of pyridine rings is 1. The molecule has 2 nitrogen and oxygen atoms in total. The van der Waals surface area contributed by atoms with Gasteiger partial charge in [-0.15, -0.1) is 0 Å². The minimum Gasteiger partial charge on any atom is -0.384 e. The molecule has 0 saturated heterocycles. The van der Waals surface area contributed by atoms with Gasteiger partial charge in [0.1, 0.15) is 23.3 Å². The molecule has 0 saturated carbocycles. The average Bonchev–Trinajstić information content (AvgIpc) is 2.19. The van der Waals surface area contributed by atoms with Crippen LogP contribution in [0.1, 0.15) is 0 Å². The number of anilines is 1. The van der Waals surface area contributed by atoms with E-state index in [-0.39, 0.29) is 16.9 Å². The molecule has 2 N–H and O–H groups in total. The summed E-state index contributed by atoms with van der Waals surface area (Å²) >= 11 is 0. The number of aromatic nitrogens is 1. The Bertz CT molecular complexity index is 500. The fourth-order valence-electron chi connectivity index (χ4n) is 1.37. The third kappa shape index (κ3) is 1.84. The molecule has 1 heterocycles. The minimum absolute atomic E-state index is 0.212. The maximum Gasteiger partial charge on any atom is 0.136 e. The predicted octanol–water partition coefficient (Wildman–Crippen LogP) is 2.75. The molecule has 2 aromatic rings. The summed E-state index contributed by atoms with van der Waals surface area (Å²) in [5, 5.41) is 0. The van der Waals surface area contributed by atoms with Gasteiger partial charge in [0.25, 0.3) is 0 Å². The van der Waals surface area contributed by atoms with Crippen LogP contribution >= 0.6 is 0 Å². The highest BCUT2D eigenvalue weighted by molar-refractivity contribution is 5.64. The standard InChI is InChI=1S/C11H7F3N2/c12-7-3-8(13)11(9(14)4-7)6-1-2-10(15)16-5-6/h1-5H,(H2,15,16). The Balaban J connectivity index is 2.60. The zero-order chi connectivity index (χ0) is 11.7. The van der Waals surface area contributed by atoms with E-state index in [1.54, 1.807) is 0 Å². The van der Waals surface area contributed by atoms with E-state index in [2.05, 4.69) is 4.98 Å². The molecule has 0 spiro atoms. The van der Waals surface area contributed by atoms with Gasteiger partial charge < -0.3 is 5.73 Å². The van der Waals surface area contributed by atoms with Gasteiger partial charge in [0.05, 0.1) is 5.56 Å². The first-order valence-corrected chi connectivity index (χ1v) is 4.44. The zero-order valence-corrected chi connectivity index (χ0v) is 8.05. The molecule has 0 aliphatic carbocycles. The molecule has 0 unspecified atom stereocenters. The van der Waals surface area contributed by atoms with Gasteiger partial charge in [0.15, 0.2) is 0 Å². The molecule has 0 amide bonds. The molecule has 2 rings (SSSR count). The summed E-state index contributed by atoms with van der Waals surface area (Å²) in [5.41, 5.74) is 5.25. The Hall–Kier alpha value is -2.04.